The van der Waals surface area contributed by atoms with Crippen molar-refractivity contribution in [2.75, 3.05) is 14.2 Å². The highest BCUT2D eigenvalue weighted by molar-refractivity contribution is 5.37. The zero-order valence-electron chi connectivity index (χ0n) is 19.3. The number of aromatic nitrogens is 6. The van der Waals surface area contributed by atoms with Crippen LogP contribution in [0.3, 0.4) is 0 Å². The Morgan fingerprint density at radius 2 is 1.00 bits per heavy atom. The average molecular weight is 465 g/mol. The zero-order valence-corrected chi connectivity index (χ0v) is 19.3. The summed E-state index contributed by atoms with van der Waals surface area (Å²) in [6.45, 7) is 1.20. The fourth-order valence-electron chi connectivity index (χ4n) is 3.69. The number of benzene rings is 2. The van der Waals surface area contributed by atoms with Gasteiger partial charge in [0.1, 0.15) is 24.2 Å². The Balaban J connectivity index is 1.23. The van der Waals surface area contributed by atoms with E-state index in [2.05, 4.69) is 10.2 Å². The summed E-state index contributed by atoms with van der Waals surface area (Å²) >= 11 is 0. The Morgan fingerprint density at radius 3 is 1.35 bits per heavy atom. The van der Waals surface area contributed by atoms with Crippen molar-refractivity contribution in [1.82, 2.24) is 28.7 Å². The maximum Gasteiger partial charge on any atom is 0.350 e. The van der Waals surface area contributed by atoms with Crippen LogP contribution in [-0.4, -0.2) is 42.9 Å². The average Bonchev–Trinajstić information content (AvgIpc) is 3.43. The van der Waals surface area contributed by atoms with Crippen LogP contribution in [0.5, 0.6) is 11.5 Å². The molecule has 0 saturated carbocycles. The zero-order chi connectivity index (χ0) is 23.9. The van der Waals surface area contributed by atoms with E-state index in [0.29, 0.717) is 24.5 Å². The summed E-state index contributed by atoms with van der Waals surface area (Å²) in [5, 5.41) is 8.43. The van der Waals surface area contributed by atoms with Gasteiger partial charge in [-0.05, 0) is 61.4 Å². The van der Waals surface area contributed by atoms with Gasteiger partial charge in [-0.2, -0.15) is 19.6 Å². The van der Waals surface area contributed by atoms with Crippen molar-refractivity contribution >= 4 is 0 Å². The number of hydrogen-bond donors (Lipinski definition) is 0. The number of nitrogens with zero attached hydrogens (tertiary/aromatic N) is 6. The van der Waals surface area contributed by atoms with E-state index >= 15 is 0 Å². The van der Waals surface area contributed by atoms with Gasteiger partial charge in [0, 0.05) is 13.1 Å². The number of unbranched alkanes of at least 4 members (excludes halogenated alkanes) is 3. The predicted octanol–water partition coefficient (Wildman–Crippen LogP) is 2.66. The van der Waals surface area contributed by atoms with E-state index < -0.39 is 0 Å². The molecule has 0 spiro atoms. The van der Waals surface area contributed by atoms with Gasteiger partial charge >= 0.3 is 11.4 Å². The maximum atomic E-state index is 12.6. The highest BCUT2D eigenvalue weighted by Crippen LogP contribution is 2.14. The van der Waals surface area contributed by atoms with Crippen LogP contribution in [0, 0.1) is 0 Å². The summed E-state index contributed by atoms with van der Waals surface area (Å²) in [6, 6.07) is 14.4. The lowest BCUT2D eigenvalue weighted by atomic mass is 10.2. The first kappa shape index (κ1) is 23.1. The summed E-state index contributed by atoms with van der Waals surface area (Å²) in [4.78, 5) is 25.2. The van der Waals surface area contributed by atoms with E-state index in [9.17, 15) is 9.59 Å². The van der Waals surface area contributed by atoms with Crippen molar-refractivity contribution in [3.8, 4) is 22.9 Å². The molecule has 0 atom stereocenters. The molecule has 4 aromatic rings. The number of methoxy groups -OCH3 is 2. The van der Waals surface area contributed by atoms with Crippen LogP contribution in [0.15, 0.2) is 70.8 Å². The Hall–Kier alpha value is -4.08. The fraction of sp³-hybridized carbons (Fsp3) is 0.333. The van der Waals surface area contributed by atoms with Crippen molar-refractivity contribution in [2.24, 2.45) is 0 Å². The van der Waals surface area contributed by atoms with E-state index in [1.165, 1.54) is 9.36 Å². The molecule has 4 rings (SSSR count). The minimum Gasteiger partial charge on any atom is -0.497 e. The third-order valence-corrected chi connectivity index (χ3v) is 5.65. The van der Waals surface area contributed by atoms with Crippen molar-refractivity contribution in [3.63, 3.8) is 0 Å². The normalized spacial score (nSPS) is 11.0. The molecule has 0 unspecified atom stereocenters. The Labute approximate surface area is 196 Å². The summed E-state index contributed by atoms with van der Waals surface area (Å²) in [5.74, 6) is 1.46. The molecule has 178 valence electrons. The minimum atomic E-state index is -0.164. The molecule has 0 aliphatic heterocycles. The van der Waals surface area contributed by atoms with E-state index in [-0.39, 0.29) is 11.4 Å². The largest absolute Gasteiger partial charge is 0.497 e. The van der Waals surface area contributed by atoms with Crippen LogP contribution in [0.1, 0.15) is 25.7 Å². The molecule has 0 N–H and O–H groups in total. The van der Waals surface area contributed by atoms with E-state index in [0.717, 1.165) is 37.2 Å². The second-order valence-corrected chi connectivity index (χ2v) is 7.85. The van der Waals surface area contributed by atoms with Crippen molar-refractivity contribution in [1.29, 1.82) is 0 Å². The molecule has 0 saturated heterocycles. The molecule has 0 radical (unpaired) electrons. The topological polar surface area (TPSA) is 98.1 Å². The van der Waals surface area contributed by atoms with Crippen LogP contribution in [0.4, 0.5) is 0 Å². The highest BCUT2D eigenvalue weighted by Gasteiger charge is 2.09. The molecule has 34 heavy (non-hydrogen) atoms. The third kappa shape index (κ3) is 5.11. The molecule has 0 amide bonds. The van der Waals surface area contributed by atoms with Gasteiger partial charge in [-0.1, -0.05) is 12.8 Å². The van der Waals surface area contributed by atoms with E-state index in [1.54, 1.807) is 84.5 Å². The van der Waals surface area contributed by atoms with Crippen molar-refractivity contribution in [2.45, 2.75) is 38.8 Å². The van der Waals surface area contributed by atoms with Gasteiger partial charge in [0.15, 0.2) is 0 Å². The fourth-order valence-corrected chi connectivity index (χ4v) is 3.69. The molecule has 0 fully saturated rings. The van der Waals surface area contributed by atoms with E-state index in [1.807, 2.05) is 0 Å². The number of aryl methyl sites for hydroxylation is 2. The first-order chi connectivity index (χ1) is 16.6. The summed E-state index contributed by atoms with van der Waals surface area (Å²) in [7, 11) is 3.20. The highest BCUT2D eigenvalue weighted by atomic mass is 16.5. The van der Waals surface area contributed by atoms with Gasteiger partial charge in [0.25, 0.3) is 0 Å². The van der Waals surface area contributed by atoms with Crippen LogP contribution in [-0.2, 0) is 13.1 Å². The van der Waals surface area contributed by atoms with Crippen LogP contribution in [0.25, 0.3) is 11.4 Å². The van der Waals surface area contributed by atoms with Gasteiger partial charge in [-0.3, -0.25) is 9.13 Å². The lowest BCUT2D eigenvalue weighted by molar-refractivity contribution is 0.414. The van der Waals surface area contributed by atoms with Crippen LogP contribution in [0.2, 0.25) is 0 Å². The molecule has 10 heteroatoms. The molecule has 10 nitrogen and oxygen atoms in total. The number of hydrogen-bond acceptors (Lipinski definition) is 6. The molecule has 2 aromatic carbocycles. The van der Waals surface area contributed by atoms with Gasteiger partial charge in [0.2, 0.25) is 0 Å². The van der Waals surface area contributed by atoms with Crippen molar-refractivity contribution in [3.05, 3.63) is 82.2 Å². The predicted molar refractivity (Wildman–Crippen MR) is 127 cm³/mol. The standard InChI is InChI=1S/C24H28N6O4/c1-33-21-11-7-19(8-12-21)29-23(31)27(17-25-29)15-5-3-4-6-16-28-18-26-30(24(28)32)20-9-13-22(34-2)14-10-20/h7-14,17-18H,3-6,15-16H2,1-2H3. The number of ether oxygens (including phenoxy) is 2. The Bertz CT molecular complexity index is 1210. The summed E-state index contributed by atoms with van der Waals surface area (Å²) in [6.07, 6.45) is 6.74. The quantitative estimate of drug-likeness (QED) is 0.317. The molecular weight excluding hydrogens is 436 g/mol. The van der Waals surface area contributed by atoms with Crippen LogP contribution >= 0.6 is 0 Å². The molecule has 0 aliphatic rings. The lowest BCUT2D eigenvalue weighted by Crippen LogP contribution is -2.24. The first-order valence-electron chi connectivity index (χ1n) is 11.2. The van der Waals surface area contributed by atoms with Gasteiger partial charge < -0.3 is 9.47 Å². The van der Waals surface area contributed by atoms with E-state index in [4.69, 9.17) is 9.47 Å². The number of rotatable bonds is 11. The maximum absolute atomic E-state index is 12.6. The molecule has 2 aromatic heterocycles. The molecular formula is C24H28N6O4. The smallest absolute Gasteiger partial charge is 0.350 e. The lowest BCUT2D eigenvalue weighted by Gasteiger charge is -2.04. The molecule has 0 bridgehead atoms. The second-order valence-electron chi connectivity index (χ2n) is 7.85. The third-order valence-electron chi connectivity index (χ3n) is 5.65. The minimum absolute atomic E-state index is 0.164. The van der Waals surface area contributed by atoms with Gasteiger partial charge in [0.05, 0.1) is 25.6 Å². The summed E-state index contributed by atoms with van der Waals surface area (Å²) in [5.41, 5.74) is 1.07. The monoisotopic (exact) mass is 464 g/mol. The summed E-state index contributed by atoms with van der Waals surface area (Å²) < 4.78 is 16.3. The molecule has 0 aliphatic carbocycles. The first-order valence-corrected chi connectivity index (χ1v) is 11.2. The molecule has 2 heterocycles. The van der Waals surface area contributed by atoms with Crippen molar-refractivity contribution < 1.29 is 9.47 Å². The SMILES string of the molecule is COc1ccc(-n2ncn(CCCCCCn3cnn(-c4ccc(OC)cc4)c3=O)c2=O)cc1. The second kappa shape index (κ2) is 10.7. The van der Waals surface area contributed by atoms with Crippen LogP contribution < -0.4 is 20.9 Å². The Morgan fingerprint density at radius 1 is 0.618 bits per heavy atom. The Kier molecular flexibility index (Phi) is 7.26. The van der Waals surface area contributed by atoms with Gasteiger partial charge in [-0.15, -0.1) is 0 Å². The van der Waals surface area contributed by atoms with Gasteiger partial charge in [-0.25, -0.2) is 9.59 Å².